The van der Waals surface area contributed by atoms with Crippen LogP contribution < -0.4 is 0 Å². The summed E-state index contributed by atoms with van der Waals surface area (Å²) in [4.78, 5) is 18.0. The summed E-state index contributed by atoms with van der Waals surface area (Å²) in [6.45, 7) is 1.97. The van der Waals surface area contributed by atoms with E-state index in [-0.39, 0.29) is 30.3 Å². The van der Waals surface area contributed by atoms with Gasteiger partial charge in [0.2, 0.25) is 5.91 Å². The molecule has 0 aliphatic carbocycles. The standard InChI is InChI=1S/C20H18ClF3N2O/c1-11-2-3-15(21)14(8-11)17-5-4-16-13(10-19(27)26(16)17)12-6-7-25-18(9-12)20(22,23)24/h2-3,6-9,13,16-17H,4-5,10H2,1H3/t13-,16+,17+/m1/s1. The lowest BCUT2D eigenvalue weighted by atomic mass is 9.90. The molecule has 2 aromatic rings. The number of hydrogen-bond donors (Lipinski definition) is 0. The second-order valence-electron chi connectivity index (χ2n) is 7.27. The van der Waals surface area contributed by atoms with E-state index in [1.807, 2.05) is 30.0 Å². The van der Waals surface area contributed by atoms with Crippen LogP contribution in [0.3, 0.4) is 0 Å². The second-order valence-corrected chi connectivity index (χ2v) is 7.68. The SMILES string of the molecule is Cc1ccc(Cl)c([C@@H]2CC[C@H]3[C@@H](c4ccnc(C(F)(F)F)c4)CC(=O)N23)c1. The molecule has 27 heavy (non-hydrogen) atoms. The Bertz CT molecular complexity index is 899. The van der Waals surface area contributed by atoms with Crippen LogP contribution in [0.15, 0.2) is 36.5 Å². The third-order valence-corrected chi connectivity index (χ3v) is 5.93. The van der Waals surface area contributed by atoms with Crippen LogP contribution in [-0.2, 0) is 11.0 Å². The van der Waals surface area contributed by atoms with Gasteiger partial charge in [0.1, 0.15) is 5.69 Å². The molecule has 2 fully saturated rings. The normalized spacial score (nSPS) is 25.1. The summed E-state index contributed by atoms with van der Waals surface area (Å²) >= 11 is 6.37. The Morgan fingerprint density at radius 3 is 2.70 bits per heavy atom. The minimum Gasteiger partial charge on any atom is -0.332 e. The van der Waals surface area contributed by atoms with E-state index in [1.165, 1.54) is 6.20 Å². The number of fused-ring (bicyclic) bond motifs is 1. The summed E-state index contributed by atoms with van der Waals surface area (Å²) in [6.07, 6.45) is -1.60. The van der Waals surface area contributed by atoms with Gasteiger partial charge in [-0.1, -0.05) is 29.3 Å². The van der Waals surface area contributed by atoms with Gasteiger partial charge in [-0.25, -0.2) is 0 Å². The summed E-state index contributed by atoms with van der Waals surface area (Å²) in [5, 5.41) is 0.616. The van der Waals surface area contributed by atoms with Gasteiger partial charge in [0, 0.05) is 29.6 Å². The predicted molar refractivity (Wildman–Crippen MR) is 95.4 cm³/mol. The van der Waals surface area contributed by atoms with Gasteiger partial charge in [-0.3, -0.25) is 9.78 Å². The number of carbonyl (C=O) groups is 1. The first kappa shape index (κ1) is 18.3. The number of pyridine rings is 1. The summed E-state index contributed by atoms with van der Waals surface area (Å²) in [5.41, 5.74) is 1.58. The lowest BCUT2D eigenvalue weighted by Crippen LogP contribution is -2.31. The Balaban J connectivity index is 1.66. The third-order valence-electron chi connectivity index (χ3n) is 5.59. The van der Waals surface area contributed by atoms with Crippen LogP contribution in [0.4, 0.5) is 13.2 Å². The third kappa shape index (κ3) is 3.20. The molecule has 2 aliphatic heterocycles. The maximum atomic E-state index is 13.0. The zero-order chi connectivity index (χ0) is 19.3. The van der Waals surface area contributed by atoms with Crippen molar-refractivity contribution in [2.75, 3.05) is 0 Å². The van der Waals surface area contributed by atoms with Crippen molar-refractivity contribution in [3.63, 3.8) is 0 Å². The molecule has 1 aromatic carbocycles. The molecule has 2 aliphatic rings. The Hall–Kier alpha value is -2.08. The van der Waals surface area contributed by atoms with Crippen LogP contribution >= 0.6 is 11.6 Å². The van der Waals surface area contributed by atoms with Crippen molar-refractivity contribution < 1.29 is 18.0 Å². The summed E-state index contributed by atoms with van der Waals surface area (Å²) < 4.78 is 39.0. The lowest BCUT2D eigenvalue weighted by molar-refractivity contribution is -0.141. The maximum absolute atomic E-state index is 13.0. The first-order valence-electron chi connectivity index (χ1n) is 8.86. The fourth-order valence-corrected chi connectivity index (χ4v) is 4.66. The molecule has 1 amide bonds. The van der Waals surface area contributed by atoms with Gasteiger partial charge in [0.25, 0.3) is 0 Å². The minimum atomic E-state index is -4.49. The van der Waals surface area contributed by atoms with Crippen molar-refractivity contribution >= 4 is 17.5 Å². The molecule has 3 atom stereocenters. The molecule has 0 unspecified atom stereocenters. The van der Waals surface area contributed by atoms with Crippen molar-refractivity contribution in [1.29, 1.82) is 0 Å². The minimum absolute atomic E-state index is 0.0320. The molecule has 3 nitrogen and oxygen atoms in total. The molecule has 4 rings (SSSR count). The van der Waals surface area contributed by atoms with Crippen LogP contribution in [0.2, 0.25) is 5.02 Å². The van der Waals surface area contributed by atoms with Crippen molar-refractivity contribution in [3.8, 4) is 0 Å². The second kappa shape index (κ2) is 6.51. The van der Waals surface area contributed by atoms with Crippen LogP contribution in [0.1, 0.15) is 53.6 Å². The van der Waals surface area contributed by atoms with E-state index in [2.05, 4.69) is 4.98 Å². The number of carbonyl (C=O) groups excluding carboxylic acids is 1. The highest BCUT2D eigenvalue weighted by atomic mass is 35.5. The highest BCUT2D eigenvalue weighted by Crippen LogP contribution is 2.49. The van der Waals surface area contributed by atoms with Crippen LogP contribution in [0.25, 0.3) is 0 Å². The van der Waals surface area contributed by atoms with E-state index < -0.39 is 11.9 Å². The molecule has 0 radical (unpaired) electrons. The molecular weight excluding hydrogens is 377 g/mol. The van der Waals surface area contributed by atoms with Crippen molar-refractivity contribution in [2.24, 2.45) is 0 Å². The Kier molecular flexibility index (Phi) is 4.41. The topological polar surface area (TPSA) is 33.2 Å². The van der Waals surface area contributed by atoms with Gasteiger partial charge in [0.15, 0.2) is 0 Å². The molecule has 2 saturated heterocycles. The quantitative estimate of drug-likeness (QED) is 0.694. The zero-order valence-electron chi connectivity index (χ0n) is 14.6. The van der Waals surface area contributed by atoms with Crippen LogP contribution in [0, 0.1) is 6.92 Å². The number of halogens is 4. The smallest absolute Gasteiger partial charge is 0.332 e. The number of aromatic nitrogens is 1. The van der Waals surface area contributed by atoms with Gasteiger partial charge >= 0.3 is 6.18 Å². The van der Waals surface area contributed by atoms with E-state index in [4.69, 9.17) is 11.6 Å². The Morgan fingerprint density at radius 1 is 1.19 bits per heavy atom. The zero-order valence-corrected chi connectivity index (χ0v) is 15.4. The first-order chi connectivity index (χ1) is 12.8. The van der Waals surface area contributed by atoms with E-state index >= 15 is 0 Å². The molecule has 0 bridgehead atoms. The van der Waals surface area contributed by atoms with Crippen LogP contribution in [0.5, 0.6) is 0 Å². The van der Waals surface area contributed by atoms with Gasteiger partial charge in [-0.2, -0.15) is 13.2 Å². The molecule has 0 spiro atoms. The summed E-state index contributed by atoms with van der Waals surface area (Å²) in [6, 6.07) is 8.17. The fraction of sp³-hybridized carbons (Fsp3) is 0.400. The maximum Gasteiger partial charge on any atom is 0.433 e. The lowest BCUT2D eigenvalue weighted by Gasteiger charge is -2.27. The van der Waals surface area contributed by atoms with E-state index in [1.54, 1.807) is 6.07 Å². The largest absolute Gasteiger partial charge is 0.433 e. The first-order valence-corrected chi connectivity index (χ1v) is 9.24. The van der Waals surface area contributed by atoms with Gasteiger partial charge in [-0.15, -0.1) is 0 Å². The molecule has 142 valence electrons. The van der Waals surface area contributed by atoms with Gasteiger partial charge < -0.3 is 4.90 Å². The molecule has 7 heteroatoms. The Labute approximate surface area is 160 Å². The van der Waals surface area contributed by atoms with Gasteiger partial charge in [-0.05, 0) is 49.1 Å². The highest BCUT2D eigenvalue weighted by Gasteiger charge is 2.48. The molecule has 3 heterocycles. The molecule has 0 saturated carbocycles. The number of nitrogens with zero attached hydrogens (tertiary/aromatic N) is 2. The average molecular weight is 395 g/mol. The van der Waals surface area contributed by atoms with Gasteiger partial charge in [0.05, 0.1) is 6.04 Å². The molecule has 0 N–H and O–H groups in total. The monoisotopic (exact) mass is 394 g/mol. The highest BCUT2D eigenvalue weighted by molar-refractivity contribution is 6.31. The number of amides is 1. The molecular formula is C20H18ClF3N2O. The predicted octanol–water partition coefficient (Wildman–Crippen LogP) is 5.28. The number of alkyl halides is 3. The number of rotatable bonds is 2. The number of hydrogen-bond acceptors (Lipinski definition) is 2. The van der Waals surface area contributed by atoms with Crippen molar-refractivity contribution in [3.05, 3.63) is 63.9 Å². The van der Waals surface area contributed by atoms with E-state index in [0.29, 0.717) is 10.6 Å². The fourth-order valence-electron chi connectivity index (χ4n) is 4.42. The number of aryl methyl sites for hydroxylation is 1. The number of benzene rings is 1. The van der Waals surface area contributed by atoms with Crippen molar-refractivity contribution in [2.45, 2.75) is 50.4 Å². The van der Waals surface area contributed by atoms with E-state index in [0.717, 1.165) is 30.0 Å². The molecule has 1 aromatic heterocycles. The Morgan fingerprint density at radius 2 is 1.96 bits per heavy atom. The van der Waals surface area contributed by atoms with E-state index in [9.17, 15) is 18.0 Å². The average Bonchev–Trinajstić information content (AvgIpc) is 3.18. The van der Waals surface area contributed by atoms with Crippen molar-refractivity contribution in [1.82, 2.24) is 9.88 Å². The van der Waals surface area contributed by atoms with Crippen LogP contribution in [-0.4, -0.2) is 21.8 Å². The summed E-state index contributed by atoms with van der Waals surface area (Å²) in [7, 11) is 0. The summed E-state index contributed by atoms with van der Waals surface area (Å²) in [5.74, 6) is -0.286.